The van der Waals surface area contributed by atoms with Crippen molar-refractivity contribution in [1.82, 2.24) is 9.88 Å². The van der Waals surface area contributed by atoms with Gasteiger partial charge in [-0.05, 0) is 77.6 Å². The van der Waals surface area contributed by atoms with Crippen LogP contribution in [0.4, 0.5) is 10.1 Å². The summed E-state index contributed by atoms with van der Waals surface area (Å²) in [6.07, 6.45) is 1.59. The van der Waals surface area contributed by atoms with E-state index in [0.29, 0.717) is 17.0 Å². The third-order valence-electron chi connectivity index (χ3n) is 6.84. The molecule has 206 valence electrons. The van der Waals surface area contributed by atoms with E-state index < -0.39 is 17.7 Å². The number of ether oxygens (including phenoxy) is 1. The molecule has 0 aliphatic rings. The number of hydrogen-bond donors (Lipinski definition) is 3. The molecule has 1 aromatic heterocycles. The number of amides is 1. The molecule has 1 amide bonds. The third kappa shape index (κ3) is 5.79. The molecule has 4 rings (SSSR count). The van der Waals surface area contributed by atoms with Crippen molar-refractivity contribution in [3.8, 4) is 28.0 Å². The molecule has 8 nitrogen and oxygen atoms in total. The van der Waals surface area contributed by atoms with E-state index in [9.17, 15) is 14.4 Å². The van der Waals surface area contributed by atoms with Crippen molar-refractivity contribution in [2.45, 2.75) is 20.4 Å². The molecular formula is C31H30FN3O5. The van der Waals surface area contributed by atoms with Gasteiger partial charge in [0.05, 0.1) is 13.7 Å². The van der Waals surface area contributed by atoms with Crippen LogP contribution in [0.15, 0.2) is 71.7 Å². The van der Waals surface area contributed by atoms with Crippen LogP contribution in [0.5, 0.6) is 5.75 Å². The third-order valence-corrected chi connectivity index (χ3v) is 6.84. The first-order chi connectivity index (χ1) is 19.1. The lowest BCUT2D eigenvalue weighted by molar-refractivity contribution is -0.136. The van der Waals surface area contributed by atoms with Crippen molar-refractivity contribution in [2.75, 3.05) is 19.0 Å². The fourth-order valence-electron chi connectivity index (χ4n) is 4.68. The second-order valence-electron chi connectivity index (χ2n) is 9.38. The predicted octanol–water partition coefficient (Wildman–Crippen LogP) is 4.91. The van der Waals surface area contributed by atoms with Crippen molar-refractivity contribution in [2.24, 2.45) is 7.05 Å². The number of benzene rings is 3. The van der Waals surface area contributed by atoms with Crippen LogP contribution in [0.1, 0.15) is 27.0 Å². The van der Waals surface area contributed by atoms with Gasteiger partial charge < -0.3 is 25.0 Å². The minimum Gasteiger partial charge on any atom is -0.496 e. The molecular weight excluding hydrogens is 513 g/mol. The molecule has 0 aliphatic heterocycles. The van der Waals surface area contributed by atoms with Gasteiger partial charge in [-0.3, -0.25) is 14.4 Å². The number of halogens is 1. The van der Waals surface area contributed by atoms with Crippen molar-refractivity contribution < 1.29 is 23.8 Å². The molecule has 9 heteroatoms. The van der Waals surface area contributed by atoms with E-state index in [2.05, 4.69) is 10.6 Å². The first-order valence-electron chi connectivity index (χ1n) is 12.6. The first-order valence-corrected chi connectivity index (χ1v) is 12.6. The maximum atomic E-state index is 15.2. The van der Waals surface area contributed by atoms with Crippen LogP contribution in [0.2, 0.25) is 0 Å². The fraction of sp³-hybridized carbons (Fsp3) is 0.194. The Morgan fingerprint density at radius 2 is 1.65 bits per heavy atom. The minimum atomic E-state index is -1.04. The van der Waals surface area contributed by atoms with E-state index in [4.69, 9.17) is 9.84 Å². The van der Waals surface area contributed by atoms with Crippen LogP contribution in [-0.2, 0) is 18.4 Å². The second kappa shape index (κ2) is 12.0. The van der Waals surface area contributed by atoms with Gasteiger partial charge in [0.25, 0.3) is 11.5 Å². The number of nitrogens with one attached hydrogen (secondary N) is 2. The van der Waals surface area contributed by atoms with E-state index in [-0.39, 0.29) is 29.8 Å². The maximum absolute atomic E-state index is 15.2. The number of carboxylic acids is 1. The van der Waals surface area contributed by atoms with Crippen molar-refractivity contribution in [3.05, 3.63) is 105 Å². The van der Waals surface area contributed by atoms with E-state index in [1.54, 1.807) is 31.4 Å². The molecule has 40 heavy (non-hydrogen) atoms. The van der Waals surface area contributed by atoms with Gasteiger partial charge in [0, 0.05) is 31.0 Å². The Hall–Kier alpha value is -4.76. The molecule has 3 aromatic carbocycles. The summed E-state index contributed by atoms with van der Waals surface area (Å²) in [5.74, 6) is -1.73. The quantitative estimate of drug-likeness (QED) is 0.277. The number of nitrogens with zero attached hydrogens (tertiary/aromatic N) is 1. The van der Waals surface area contributed by atoms with Gasteiger partial charge >= 0.3 is 5.97 Å². The molecule has 3 N–H and O–H groups in total. The SMILES string of the molecule is COc1cc(-c2cccc(-c3cccc(NC(=O)c4cccn(C)c4=O)c3C)c2C)cc(F)c1CNCC(=O)O. The molecule has 0 aliphatic carbocycles. The highest BCUT2D eigenvalue weighted by atomic mass is 19.1. The highest BCUT2D eigenvalue weighted by Gasteiger charge is 2.18. The van der Waals surface area contributed by atoms with Crippen molar-refractivity contribution in [1.29, 1.82) is 0 Å². The molecule has 0 unspecified atom stereocenters. The summed E-state index contributed by atoms with van der Waals surface area (Å²) in [5, 5.41) is 14.4. The number of carboxylic acid groups (broad SMARTS) is 1. The average molecular weight is 544 g/mol. The summed E-state index contributed by atoms with van der Waals surface area (Å²) < 4.78 is 21.9. The Bertz CT molecular complexity index is 1660. The van der Waals surface area contributed by atoms with Gasteiger partial charge in [-0.1, -0.05) is 30.3 Å². The summed E-state index contributed by atoms with van der Waals surface area (Å²) in [6.45, 7) is 3.54. The Labute approximate surface area is 231 Å². The van der Waals surface area contributed by atoms with Gasteiger partial charge in [0.15, 0.2) is 0 Å². The van der Waals surface area contributed by atoms with Gasteiger partial charge in [-0.25, -0.2) is 4.39 Å². The highest BCUT2D eigenvalue weighted by molar-refractivity contribution is 6.05. The number of aromatic nitrogens is 1. The zero-order chi connectivity index (χ0) is 29.0. The lowest BCUT2D eigenvalue weighted by Crippen LogP contribution is -2.27. The normalized spacial score (nSPS) is 10.8. The Balaban J connectivity index is 1.69. The summed E-state index contributed by atoms with van der Waals surface area (Å²) in [4.78, 5) is 36.1. The Kier molecular flexibility index (Phi) is 8.45. The van der Waals surface area contributed by atoms with Crippen molar-refractivity contribution in [3.63, 3.8) is 0 Å². The topological polar surface area (TPSA) is 110 Å². The highest BCUT2D eigenvalue weighted by Crippen LogP contribution is 2.37. The molecule has 0 spiro atoms. The Morgan fingerprint density at radius 1 is 0.975 bits per heavy atom. The van der Waals surface area contributed by atoms with Gasteiger partial charge in [0.2, 0.25) is 0 Å². The molecule has 0 atom stereocenters. The smallest absolute Gasteiger partial charge is 0.317 e. The fourth-order valence-corrected chi connectivity index (χ4v) is 4.68. The van der Waals surface area contributed by atoms with Crippen LogP contribution < -0.4 is 20.9 Å². The van der Waals surface area contributed by atoms with Crippen molar-refractivity contribution >= 4 is 17.6 Å². The monoisotopic (exact) mass is 543 g/mol. The first kappa shape index (κ1) is 28.3. The minimum absolute atomic E-state index is 0.00733. The van der Waals surface area contributed by atoms with Gasteiger partial charge in [-0.15, -0.1) is 0 Å². The van der Waals surface area contributed by atoms with Gasteiger partial charge in [0.1, 0.15) is 17.1 Å². The molecule has 0 bridgehead atoms. The van der Waals surface area contributed by atoms with Crippen LogP contribution in [-0.4, -0.2) is 35.2 Å². The van der Waals surface area contributed by atoms with Crippen LogP contribution in [0.25, 0.3) is 22.3 Å². The van der Waals surface area contributed by atoms with E-state index in [0.717, 1.165) is 27.8 Å². The second-order valence-corrected chi connectivity index (χ2v) is 9.38. The van der Waals surface area contributed by atoms with Crippen LogP contribution >= 0.6 is 0 Å². The number of aliphatic carboxylic acids is 1. The Morgan fingerprint density at radius 3 is 2.35 bits per heavy atom. The lowest BCUT2D eigenvalue weighted by Gasteiger charge is -2.18. The van der Waals surface area contributed by atoms with E-state index in [1.165, 1.54) is 23.8 Å². The summed E-state index contributed by atoms with van der Waals surface area (Å²) in [7, 11) is 3.03. The van der Waals surface area contributed by atoms with E-state index >= 15 is 4.39 Å². The van der Waals surface area contributed by atoms with Crippen LogP contribution in [0.3, 0.4) is 0 Å². The standard InChI is InChI=1S/C31H30FN3O5/c1-18-21(20-14-26(32)25(28(15-20)40-4)16-33-17-29(36)37)8-5-9-22(18)23-10-6-12-27(19(23)2)34-30(38)24-11-7-13-35(3)31(24)39/h5-15,33H,16-17H2,1-4H3,(H,34,38)(H,36,37). The molecule has 0 saturated heterocycles. The molecule has 0 radical (unpaired) electrons. The largest absolute Gasteiger partial charge is 0.496 e. The lowest BCUT2D eigenvalue weighted by atomic mass is 9.90. The summed E-state index contributed by atoms with van der Waals surface area (Å²) in [5.41, 5.74) is 5.36. The number of carbonyl (C=O) groups is 2. The average Bonchev–Trinajstić information content (AvgIpc) is 2.92. The number of rotatable bonds is 9. The zero-order valence-electron chi connectivity index (χ0n) is 22.7. The molecule has 1 heterocycles. The van der Waals surface area contributed by atoms with Crippen LogP contribution in [0, 0.1) is 19.7 Å². The molecule has 0 saturated carbocycles. The maximum Gasteiger partial charge on any atom is 0.317 e. The number of carbonyl (C=O) groups excluding carboxylic acids is 1. The summed E-state index contributed by atoms with van der Waals surface area (Å²) >= 11 is 0. The number of anilines is 1. The molecule has 0 fully saturated rings. The van der Waals surface area contributed by atoms with Gasteiger partial charge in [-0.2, -0.15) is 0 Å². The van der Waals surface area contributed by atoms with E-state index in [1.807, 2.05) is 44.2 Å². The summed E-state index contributed by atoms with van der Waals surface area (Å²) in [6, 6.07) is 17.6. The number of hydrogen-bond acceptors (Lipinski definition) is 5. The zero-order valence-corrected chi connectivity index (χ0v) is 22.7. The predicted molar refractivity (Wildman–Crippen MR) is 152 cm³/mol. The molecule has 4 aromatic rings. The number of methoxy groups -OCH3 is 1. The number of aryl methyl sites for hydroxylation is 1. The number of pyridine rings is 1.